The molecule has 126 valence electrons. The third-order valence-corrected chi connectivity index (χ3v) is 4.68. The van der Waals surface area contributed by atoms with Gasteiger partial charge in [0.2, 0.25) is 0 Å². The maximum Gasteiger partial charge on any atom is 0.283 e. The maximum absolute atomic E-state index is 12.1. The van der Waals surface area contributed by atoms with Crippen molar-refractivity contribution >= 4 is 22.7 Å². The molecule has 24 heavy (non-hydrogen) atoms. The molecule has 0 radical (unpaired) electrons. The Hall–Kier alpha value is -2.32. The van der Waals surface area contributed by atoms with Crippen LogP contribution in [-0.4, -0.2) is 46.5 Å². The van der Waals surface area contributed by atoms with Gasteiger partial charge in [-0.3, -0.25) is 9.52 Å². The van der Waals surface area contributed by atoms with Crippen LogP contribution in [-0.2, 0) is 16.7 Å². The molecule has 0 saturated carbocycles. The van der Waals surface area contributed by atoms with E-state index in [0.717, 1.165) is 37.6 Å². The summed E-state index contributed by atoms with van der Waals surface area (Å²) in [6.07, 6.45) is 0. The molecule has 1 aromatic carbocycles. The van der Waals surface area contributed by atoms with E-state index >= 15 is 0 Å². The zero-order valence-electron chi connectivity index (χ0n) is 13.1. The summed E-state index contributed by atoms with van der Waals surface area (Å²) in [5.41, 5.74) is 1.06. The van der Waals surface area contributed by atoms with Gasteiger partial charge in [-0.25, -0.2) is 4.21 Å². The van der Waals surface area contributed by atoms with Gasteiger partial charge in [0, 0.05) is 26.2 Å². The highest BCUT2D eigenvalue weighted by Crippen LogP contribution is 2.10. The van der Waals surface area contributed by atoms with Crippen LogP contribution in [0, 0.1) is 0 Å². The molecule has 8 heteroatoms. The average Bonchev–Trinajstić information content (AvgIpc) is 2.63. The van der Waals surface area contributed by atoms with Gasteiger partial charge in [0.05, 0.1) is 5.75 Å². The molecule has 2 heterocycles. The first-order valence-electron chi connectivity index (χ1n) is 7.75. The second-order valence-electron chi connectivity index (χ2n) is 5.42. The summed E-state index contributed by atoms with van der Waals surface area (Å²) in [6.45, 7) is 3.54. The largest absolute Gasteiger partial charge is 0.353 e. The molecule has 1 aliphatic rings. The lowest BCUT2D eigenvalue weighted by atomic mass is 10.2. The lowest BCUT2D eigenvalue weighted by Gasteiger charge is -2.27. The number of carbonyl (C=O) groups is 1. The summed E-state index contributed by atoms with van der Waals surface area (Å²) in [5, 5.41) is 11.3. The van der Waals surface area contributed by atoms with Gasteiger partial charge in [0.15, 0.2) is 11.5 Å². The Kier molecular flexibility index (Phi) is 5.50. The van der Waals surface area contributed by atoms with Crippen molar-refractivity contribution in [2.45, 2.75) is 5.75 Å². The van der Waals surface area contributed by atoms with Crippen LogP contribution in [0.5, 0.6) is 0 Å². The summed E-state index contributed by atoms with van der Waals surface area (Å²) < 4.78 is 14.5. The predicted octanol–water partition coefficient (Wildman–Crippen LogP) is 0.480. The second kappa shape index (κ2) is 7.98. The fourth-order valence-electron chi connectivity index (χ4n) is 2.43. The highest BCUT2D eigenvalue weighted by Gasteiger charge is 2.15. The van der Waals surface area contributed by atoms with Crippen LogP contribution in [0.3, 0.4) is 0 Å². The number of anilines is 1. The van der Waals surface area contributed by atoms with Gasteiger partial charge in [-0.2, -0.15) is 0 Å². The molecule has 1 saturated heterocycles. The number of piperazine rings is 1. The van der Waals surface area contributed by atoms with Gasteiger partial charge < -0.3 is 10.2 Å². The van der Waals surface area contributed by atoms with Crippen molar-refractivity contribution in [3.8, 4) is 0 Å². The zero-order valence-corrected chi connectivity index (χ0v) is 14.0. The molecule has 3 rings (SSSR count). The van der Waals surface area contributed by atoms with E-state index in [9.17, 15) is 9.00 Å². The molecule has 7 nitrogen and oxygen atoms in total. The Morgan fingerprint density at radius 1 is 1.12 bits per heavy atom. The van der Waals surface area contributed by atoms with Crippen molar-refractivity contribution in [2.75, 3.05) is 31.1 Å². The number of hydrogen-bond acceptors (Lipinski definition) is 6. The van der Waals surface area contributed by atoms with Gasteiger partial charge in [-0.1, -0.05) is 30.3 Å². The van der Waals surface area contributed by atoms with Crippen molar-refractivity contribution in [2.24, 2.45) is 0 Å². The van der Waals surface area contributed by atoms with Gasteiger partial charge in [-0.15, -0.1) is 10.2 Å². The monoisotopic (exact) mass is 345 g/mol. The van der Waals surface area contributed by atoms with Crippen LogP contribution < -0.4 is 14.9 Å². The Morgan fingerprint density at radius 3 is 2.54 bits per heavy atom. The number of benzene rings is 1. The highest BCUT2D eigenvalue weighted by molar-refractivity contribution is 7.82. The molecule has 0 bridgehead atoms. The van der Waals surface area contributed by atoms with E-state index in [1.54, 1.807) is 12.1 Å². The minimum absolute atomic E-state index is 0.162. The average molecular weight is 345 g/mol. The molecule has 0 spiro atoms. The van der Waals surface area contributed by atoms with Crippen molar-refractivity contribution in [3.63, 3.8) is 0 Å². The van der Waals surface area contributed by atoms with Crippen LogP contribution >= 0.6 is 0 Å². The molecule has 0 aliphatic carbocycles. The van der Waals surface area contributed by atoms with Crippen molar-refractivity contribution in [3.05, 3.63) is 53.7 Å². The lowest BCUT2D eigenvalue weighted by Crippen LogP contribution is -2.44. The molecule has 1 aliphatic heterocycles. The fourth-order valence-corrected chi connectivity index (χ4v) is 3.31. The van der Waals surface area contributed by atoms with E-state index in [0.29, 0.717) is 0 Å². The van der Waals surface area contributed by atoms with Crippen LogP contribution in [0.15, 0.2) is 42.5 Å². The maximum atomic E-state index is 12.1. The number of aromatic nitrogens is 2. The SMILES string of the molecule is O=C(NS(=O)Cc1ccccc1)c1ccc(N2CCNCC2)nn1. The number of carbonyl (C=O) groups excluding carboxylic acids is 1. The molecular formula is C16H19N5O2S. The third-order valence-electron chi connectivity index (χ3n) is 3.67. The third kappa shape index (κ3) is 4.36. The predicted molar refractivity (Wildman–Crippen MR) is 92.9 cm³/mol. The van der Waals surface area contributed by atoms with E-state index < -0.39 is 16.9 Å². The van der Waals surface area contributed by atoms with Crippen LogP contribution in [0.25, 0.3) is 0 Å². The fraction of sp³-hybridized carbons (Fsp3) is 0.312. The van der Waals surface area contributed by atoms with Crippen LogP contribution in [0.2, 0.25) is 0 Å². The van der Waals surface area contributed by atoms with Crippen molar-refractivity contribution in [1.82, 2.24) is 20.2 Å². The summed E-state index contributed by atoms with van der Waals surface area (Å²) in [5.74, 6) is 0.529. The molecular weight excluding hydrogens is 326 g/mol. The Balaban J connectivity index is 1.57. The first-order chi connectivity index (χ1) is 11.7. The van der Waals surface area contributed by atoms with E-state index in [1.165, 1.54) is 0 Å². The lowest BCUT2D eigenvalue weighted by molar-refractivity contribution is 0.0977. The minimum Gasteiger partial charge on any atom is -0.353 e. The molecule has 1 aromatic heterocycles. The first-order valence-corrected chi connectivity index (χ1v) is 9.07. The van der Waals surface area contributed by atoms with E-state index in [4.69, 9.17) is 0 Å². The van der Waals surface area contributed by atoms with E-state index in [2.05, 4.69) is 25.1 Å². The van der Waals surface area contributed by atoms with Crippen LogP contribution in [0.1, 0.15) is 16.1 Å². The summed E-state index contributed by atoms with van der Waals surface area (Å²) in [6, 6.07) is 12.7. The molecule has 1 unspecified atom stereocenters. The molecule has 2 N–H and O–H groups in total. The normalized spacial score (nSPS) is 15.8. The number of hydrogen-bond donors (Lipinski definition) is 2. The minimum atomic E-state index is -1.50. The summed E-state index contributed by atoms with van der Waals surface area (Å²) >= 11 is 0. The number of nitrogens with zero attached hydrogens (tertiary/aromatic N) is 3. The van der Waals surface area contributed by atoms with Gasteiger partial charge in [0.1, 0.15) is 11.0 Å². The standard InChI is InChI=1S/C16H19N5O2S/c22-16(20-24(23)12-13-4-2-1-3-5-13)14-6-7-15(19-18-14)21-10-8-17-9-11-21/h1-7,17H,8-12H2,(H,20,22). The quantitative estimate of drug-likeness (QED) is 0.820. The second-order valence-corrected chi connectivity index (χ2v) is 6.60. The van der Waals surface area contributed by atoms with E-state index in [-0.39, 0.29) is 11.4 Å². The Labute approximate surface area is 143 Å². The van der Waals surface area contributed by atoms with Crippen molar-refractivity contribution < 1.29 is 9.00 Å². The Bertz CT molecular complexity index is 702. The smallest absolute Gasteiger partial charge is 0.283 e. The zero-order chi connectivity index (χ0) is 16.8. The van der Waals surface area contributed by atoms with Gasteiger partial charge in [0.25, 0.3) is 5.91 Å². The molecule has 1 fully saturated rings. The molecule has 2 aromatic rings. The van der Waals surface area contributed by atoms with E-state index in [1.807, 2.05) is 30.3 Å². The topological polar surface area (TPSA) is 87.2 Å². The summed E-state index contributed by atoms with van der Waals surface area (Å²) in [4.78, 5) is 14.2. The van der Waals surface area contributed by atoms with Gasteiger partial charge >= 0.3 is 0 Å². The number of rotatable bonds is 5. The first kappa shape index (κ1) is 16.5. The molecule has 1 amide bonds. The van der Waals surface area contributed by atoms with Crippen LogP contribution in [0.4, 0.5) is 5.82 Å². The highest BCUT2D eigenvalue weighted by atomic mass is 32.2. The van der Waals surface area contributed by atoms with Gasteiger partial charge in [-0.05, 0) is 17.7 Å². The summed E-state index contributed by atoms with van der Waals surface area (Å²) in [7, 11) is -1.50. The van der Waals surface area contributed by atoms with Crippen molar-refractivity contribution in [1.29, 1.82) is 0 Å². The number of nitrogens with one attached hydrogen (secondary N) is 2. The Morgan fingerprint density at radius 2 is 1.88 bits per heavy atom. The number of amides is 1. The molecule has 1 atom stereocenters.